The maximum absolute atomic E-state index is 5.01. The molecule has 0 bridgehead atoms. The second kappa shape index (κ2) is 6.06. The van der Waals surface area contributed by atoms with E-state index in [1.165, 1.54) is 11.1 Å². The van der Waals surface area contributed by atoms with E-state index in [1.54, 1.807) is 0 Å². The van der Waals surface area contributed by atoms with Crippen LogP contribution in [-0.4, -0.2) is 29.4 Å². The summed E-state index contributed by atoms with van der Waals surface area (Å²) in [5, 5.41) is 0. The molecule has 2 aromatic carbocycles. The Balaban J connectivity index is 2.10. The molecule has 112 valence electrons. The zero-order chi connectivity index (χ0) is 15.5. The number of aliphatic imine (C=N–C) groups is 1. The van der Waals surface area contributed by atoms with Crippen LogP contribution in [0.3, 0.4) is 0 Å². The number of amidine groups is 1. The normalized spacial score (nSPS) is 14.8. The SMILES string of the molecule is Cc1cccc(C)c1N=C(c1ccccc1)N1C=CN(C)C1. The van der Waals surface area contributed by atoms with Crippen LogP contribution in [0.5, 0.6) is 0 Å². The Hall–Kier alpha value is -2.55. The molecule has 3 heteroatoms. The summed E-state index contributed by atoms with van der Waals surface area (Å²) in [4.78, 5) is 9.33. The van der Waals surface area contributed by atoms with Crippen molar-refractivity contribution in [3.8, 4) is 0 Å². The van der Waals surface area contributed by atoms with Crippen molar-refractivity contribution in [2.45, 2.75) is 13.8 Å². The molecule has 22 heavy (non-hydrogen) atoms. The molecule has 0 saturated heterocycles. The lowest BCUT2D eigenvalue weighted by Crippen LogP contribution is -2.29. The second-order valence-corrected chi connectivity index (χ2v) is 5.71. The zero-order valence-electron chi connectivity index (χ0n) is 13.3. The van der Waals surface area contributed by atoms with Gasteiger partial charge in [0.25, 0.3) is 0 Å². The van der Waals surface area contributed by atoms with E-state index >= 15 is 0 Å². The molecule has 0 spiro atoms. The van der Waals surface area contributed by atoms with Crippen LogP contribution in [0.2, 0.25) is 0 Å². The van der Waals surface area contributed by atoms with E-state index in [0.29, 0.717) is 0 Å². The number of nitrogens with zero attached hydrogens (tertiary/aromatic N) is 3. The van der Waals surface area contributed by atoms with Gasteiger partial charge in [0.15, 0.2) is 0 Å². The molecule has 0 aromatic heterocycles. The standard InChI is InChI=1S/C19H21N3/c1-15-8-7-9-16(2)18(15)20-19(17-10-5-4-6-11-17)22-13-12-21(3)14-22/h4-13H,14H2,1-3H3. The van der Waals surface area contributed by atoms with Gasteiger partial charge in [0.1, 0.15) is 5.84 Å². The Labute approximate surface area is 132 Å². The first kappa shape index (κ1) is 14.4. The predicted molar refractivity (Wildman–Crippen MR) is 92.2 cm³/mol. The molecular formula is C19H21N3. The van der Waals surface area contributed by atoms with E-state index in [-0.39, 0.29) is 0 Å². The average Bonchev–Trinajstić information content (AvgIpc) is 2.94. The minimum Gasteiger partial charge on any atom is -0.361 e. The van der Waals surface area contributed by atoms with Crippen LogP contribution in [0.1, 0.15) is 16.7 Å². The van der Waals surface area contributed by atoms with Crippen molar-refractivity contribution in [2.24, 2.45) is 4.99 Å². The minimum absolute atomic E-state index is 0.818. The van der Waals surface area contributed by atoms with Crippen LogP contribution in [0.15, 0.2) is 65.9 Å². The Kier molecular flexibility index (Phi) is 3.96. The van der Waals surface area contributed by atoms with Crippen molar-refractivity contribution < 1.29 is 0 Å². The van der Waals surface area contributed by atoms with E-state index in [2.05, 4.69) is 85.6 Å². The summed E-state index contributed by atoms with van der Waals surface area (Å²) >= 11 is 0. The molecule has 0 aliphatic carbocycles. The predicted octanol–water partition coefficient (Wildman–Crippen LogP) is 4.06. The Bertz CT molecular complexity index is 696. The van der Waals surface area contributed by atoms with Gasteiger partial charge in [0.05, 0.1) is 12.4 Å². The van der Waals surface area contributed by atoms with Crippen LogP contribution >= 0.6 is 0 Å². The average molecular weight is 291 g/mol. The summed E-state index contributed by atoms with van der Waals surface area (Å²) in [7, 11) is 2.07. The molecule has 0 radical (unpaired) electrons. The molecule has 0 amide bonds. The molecule has 3 nitrogen and oxygen atoms in total. The first-order valence-electron chi connectivity index (χ1n) is 7.50. The molecule has 0 saturated carbocycles. The van der Waals surface area contributed by atoms with Crippen molar-refractivity contribution in [1.82, 2.24) is 9.80 Å². The Morgan fingerprint density at radius 3 is 2.18 bits per heavy atom. The maximum Gasteiger partial charge on any atom is 0.142 e. The van der Waals surface area contributed by atoms with E-state index in [1.807, 2.05) is 6.07 Å². The number of hydrogen-bond acceptors (Lipinski definition) is 2. The van der Waals surface area contributed by atoms with Gasteiger partial charge >= 0.3 is 0 Å². The molecule has 0 unspecified atom stereocenters. The molecule has 0 fully saturated rings. The van der Waals surface area contributed by atoms with Crippen molar-refractivity contribution >= 4 is 11.5 Å². The highest BCUT2D eigenvalue weighted by Crippen LogP contribution is 2.25. The Morgan fingerprint density at radius 2 is 1.59 bits per heavy atom. The third kappa shape index (κ3) is 2.89. The highest BCUT2D eigenvalue weighted by Gasteiger charge is 2.17. The lowest BCUT2D eigenvalue weighted by Gasteiger charge is -2.21. The second-order valence-electron chi connectivity index (χ2n) is 5.71. The smallest absolute Gasteiger partial charge is 0.142 e. The number of aryl methyl sites for hydroxylation is 2. The fraction of sp³-hybridized carbons (Fsp3) is 0.211. The van der Waals surface area contributed by atoms with Gasteiger partial charge in [-0.2, -0.15) is 0 Å². The van der Waals surface area contributed by atoms with Crippen LogP contribution in [-0.2, 0) is 0 Å². The largest absolute Gasteiger partial charge is 0.361 e. The number of para-hydroxylation sites is 1. The van der Waals surface area contributed by atoms with Crippen LogP contribution < -0.4 is 0 Å². The van der Waals surface area contributed by atoms with Gasteiger partial charge in [0.2, 0.25) is 0 Å². The summed E-state index contributed by atoms with van der Waals surface area (Å²) < 4.78 is 0. The first-order valence-corrected chi connectivity index (χ1v) is 7.50. The molecule has 0 atom stereocenters. The van der Waals surface area contributed by atoms with E-state index in [0.717, 1.165) is 23.8 Å². The number of rotatable bonds is 2. The third-order valence-corrected chi connectivity index (χ3v) is 3.84. The van der Waals surface area contributed by atoms with Gasteiger partial charge in [-0.1, -0.05) is 48.5 Å². The van der Waals surface area contributed by atoms with Gasteiger partial charge in [0, 0.05) is 25.0 Å². The van der Waals surface area contributed by atoms with E-state index < -0.39 is 0 Å². The van der Waals surface area contributed by atoms with Crippen molar-refractivity contribution in [3.05, 3.63) is 77.6 Å². The summed E-state index contributed by atoms with van der Waals surface area (Å²) in [5.41, 5.74) is 4.59. The number of hydrogen-bond donors (Lipinski definition) is 0. The molecule has 1 aliphatic heterocycles. The molecule has 3 rings (SSSR count). The molecule has 0 N–H and O–H groups in total. The van der Waals surface area contributed by atoms with E-state index in [9.17, 15) is 0 Å². The summed E-state index contributed by atoms with van der Waals surface area (Å²) in [6.45, 7) is 5.04. The fourth-order valence-electron chi connectivity index (χ4n) is 2.64. The van der Waals surface area contributed by atoms with Crippen LogP contribution in [0.4, 0.5) is 5.69 Å². The number of benzene rings is 2. The van der Waals surface area contributed by atoms with Gasteiger partial charge in [-0.3, -0.25) is 0 Å². The molecule has 2 aromatic rings. The molecule has 1 aliphatic rings. The summed E-state index contributed by atoms with van der Waals surface area (Å²) in [6, 6.07) is 16.7. The van der Waals surface area contributed by atoms with Gasteiger partial charge < -0.3 is 9.80 Å². The van der Waals surface area contributed by atoms with Crippen molar-refractivity contribution in [1.29, 1.82) is 0 Å². The highest BCUT2D eigenvalue weighted by molar-refractivity contribution is 6.01. The topological polar surface area (TPSA) is 18.8 Å². The molecular weight excluding hydrogens is 270 g/mol. The van der Waals surface area contributed by atoms with E-state index in [4.69, 9.17) is 4.99 Å². The Morgan fingerprint density at radius 1 is 0.909 bits per heavy atom. The van der Waals surface area contributed by atoms with Crippen molar-refractivity contribution in [3.63, 3.8) is 0 Å². The van der Waals surface area contributed by atoms with Gasteiger partial charge in [-0.05, 0) is 25.0 Å². The maximum atomic E-state index is 5.01. The lowest BCUT2D eigenvalue weighted by molar-refractivity contribution is 0.386. The fourth-order valence-corrected chi connectivity index (χ4v) is 2.64. The third-order valence-electron chi connectivity index (χ3n) is 3.84. The van der Waals surface area contributed by atoms with Crippen LogP contribution in [0, 0.1) is 13.8 Å². The summed E-state index contributed by atoms with van der Waals surface area (Å²) in [5.74, 6) is 0.985. The lowest BCUT2D eigenvalue weighted by atomic mass is 10.1. The zero-order valence-corrected chi connectivity index (χ0v) is 13.3. The summed E-state index contributed by atoms with van der Waals surface area (Å²) in [6.07, 6.45) is 4.16. The monoisotopic (exact) mass is 291 g/mol. The minimum atomic E-state index is 0.818. The first-order chi connectivity index (χ1) is 10.6. The van der Waals surface area contributed by atoms with Gasteiger partial charge in [-0.15, -0.1) is 0 Å². The highest BCUT2D eigenvalue weighted by atomic mass is 15.3. The van der Waals surface area contributed by atoms with Crippen LogP contribution in [0.25, 0.3) is 0 Å². The van der Waals surface area contributed by atoms with Crippen molar-refractivity contribution in [2.75, 3.05) is 13.7 Å². The quantitative estimate of drug-likeness (QED) is 0.614. The molecule has 1 heterocycles. The van der Waals surface area contributed by atoms with Gasteiger partial charge in [-0.25, -0.2) is 4.99 Å².